The molecule has 34 heavy (non-hydrogen) atoms. The Morgan fingerprint density at radius 2 is 1.88 bits per heavy atom. The van der Waals surface area contributed by atoms with Crippen LogP contribution >= 0.6 is 11.3 Å². The molecule has 2 aromatic heterocycles. The number of carbonyl (C=O) groups excluding carboxylic acids is 1. The number of aromatic nitrogens is 1. The number of nitrogens with zero attached hydrogens (tertiary/aromatic N) is 1. The molecule has 0 aliphatic heterocycles. The van der Waals surface area contributed by atoms with Crippen molar-refractivity contribution in [2.75, 3.05) is 12.4 Å². The highest BCUT2D eigenvalue weighted by Gasteiger charge is 2.15. The molecule has 0 radical (unpaired) electrons. The maximum Gasteiger partial charge on any atom is 0.248 e. The van der Waals surface area contributed by atoms with Gasteiger partial charge in [-0.3, -0.25) is 4.79 Å². The van der Waals surface area contributed by atoms with E-state index in [4.69, 9.17) is 9.15 Å². The smallest absolute Gasteiger partial charge is 0.248 e. The molecule has 0 spiro atoms. The van der Waals surface area contributed by atoms with Gasteiger partial charge in [0.05, 0.1) is 28.6 Å². The number of hydrogen-bond donors (Lipinski definition) is 1. The molecule has 1 N–H and O–H groups in total. The minimum Gasteiger partial charge on any atom is -0.496 e. The summed E-state index contributed by atoms with van der Waals surface area (Å²) in [5, 5.41) is 4.92. The van der Waals surface area contributed by atoms with Crippen LogP contribution in [0.25, 0.3) is 37.9 Å². The summed E-state index contributed by atoms with van der Waals surface area (Å²) in [5.74, 6) is 0.440. The second-order valence-electron chi connectivity index (χ2n) is 8.30. The summed E-state index contributed by atoms with van der Waals surface area (Å²) < 4.78 is 12.5. The van der Waals surface area contributed by atoms with Gasteiger partial charge in [0.2, 0.25) is 5.91 Å². The van der Waals surface area contributed by atoms with Crippen LogP contribution < -0.4 is 10.1 Å². The monoisotopic (exact) mass is 468 g/mol. The van der Waals surface area contributed by atoms with E-state index in [0.29, 0.717) is 11.4 Å². The van der Waals surface area contributed by atoms with Crippen LogP contribution in [0.15, 0.2) is 71.4 Å². The Balaban J connectivity index is 1.47. The average molecular weight is 469 g/mol. The number of furan rings is 1. The number of allylic oxidation sites excluding steroid dienone is 1. The SMILES string of the molecule is COc1cc2occ(-c3ccc(C)cc3)c2cc1/C(C)=C/C(=O)Nc1ccc2sc(C)nc2c1. The second kappa shape index (κ2) is 8.80. The normalized spacial score (nSPS) is 11.8. The number of carbonyl (C=O) groups is 1. The number of amides is 1. The maximum atomic E-state index is 12.8. The van der Waals surface area contributed by atoms with E-state index in [9.17, 15) is 4.79 Å². The van der Waals surface area contributed by atoms with Crippen molar-refractivity contribution in [2.45, 2.75) is 20.8 Å². The minimum absolute atomic E-state index is 0.211. The highest BCUT2D eigenvalue weighted by Crippen LogP contribution is 2.37. The average Bonchev–Trinajstić information content (AvgIpc) is 3.40. The van der Waals surface area contributed by atoms with E-state index in [1.54, 1.807) is 30.8 Å². The number of aryl methyl sites for hydroxylation is 2. The van der Waals surface area contributed by atoms with Gasteiger partial charge in [0.1, 0.15) is 11.3 Å². The predicted molar refractivity (Wildman–Crippen MR) is 140 cm³/mol. The van der Waals surface area contributed by atoms with Crippen molar-refractivity contribution >= 4 is 49.7 Å². The Bertz CT molecular complexity index is 1560. The number of ether oxygens (including phenoxy) is 1. The van der Waals surface area contributed by atoms with Crippen molar-refractivity contribution in [1.82, 2.24) is 4.98 Å². The number of thiazole rings is 1. The number of rotatable bonds is 5. The third-order valence-corrected chi connectivity index (χ3v) is 6.74. The van der Waals surface area contributed by atoms with Gasteiger partial charge in [0, 0.05) is 34.3 Å². The molecule has 5 nitrogen and oxygen atoms in total. The molecule has 2 heterocycles. The Morgan fingerprint density at radius 1 is 1.09 bits per heavy atom. The summed E-state index contributed by atoms with van der Waals surface area (Å²) in [7, 11) is 1.62. The number of nitrogens with one attached hydrogen (secondary N) is 1. The van der Waals surface area contributed by atoms with Gasteiger partial charge in [-0.2, -0.15) is 0 Å². The molecule has 0 fully saturated rings. The zero-order valence-corrected chi connectivity index (χ0v) is 20.2. The van der Waals surface area contributed by atoms with Gasteiger partial charge < -0.3 is 14.5 Å². The van der Waals surface area contributed by atoms with Crippen molar-refractivity contribution in [1.29, 1.82) is 0 Å². The topological polar surface area (TPSA) is 64.4 Å². The first-order valence-electron chi connectivity index (χ1n) is 10.9. The van der Waals surface area contributed by atoms with Crippen LogP contribution in [0.4, 0.5) is 5.69 Å². The molecule has 0 aliphatic rings. The van der Waals surface area contributed by atoms with E-state index in [1.807, 2.05) is 44.2 Å². The van der Waals surface area contributed by atoms with Gasteiger partial charge in [-0.25, -0.2) is 4.98 Å². The van der Waals surface area contributed by atoms with Crippen LogP contribution in [-0.4, -0.2) is 18.0 Å². The fourth-order valence-corrected chi connectivity index (χ4v) is 4.87. The number of hydrogen-bond acceptors (Lipinski definition) is 5. The van der Waals surface area contributed by atoms with Crippen LogP contribution in [0.1, 0.15) is 23.1 Å². The molecule has 0 bridgehead atoms. The van der Waals surface area contributed by atoms with Crippen molar-refractivity contribution in [3.63, 3.8) is 0 Å². The van der Waals surface area contributed by atoms with E-state index in [0.717, 1.165) is 48.5 Å². The maximum absolute atomic E-state index is 12.8. The molecule has 0 unspecified atom stereocenters. The van der Waals surface area contributed by atoms with E-state index < -0.39 is 0 Å². The summed E-state index contributed by atoms with van der Waals surface area (Å²) in [6, 6.07) is 18.0. The third-order valence-electron chi connectivity index (χ3n) is 5.79. The van der Waals surface area contributed by atoms with Crippen LogP contribution in [0.3, 0.4) is 0 Å². The molecular formula is C28H24N2O3S. The molecule has 0 saturated heterocycles. The molecule has 3 aromatic carbocycles. The first-order valence-corrected chi connectivity index (χ1v) is 11.8. The van der Waals surface area contributed by atoms with Gasteiger partial charge in [-0.15, -0.1) is 11.3 Å². The lowest BCUT2D eigenvalue weighted by atomic mass is 9.99. The quantitative estimate of drug-likeness (QED) is 0.273. The van der Waals surface area contributed by atoms with Crippen molar-refractivity contribution < 1.29 is 13.9 Å². The Morgan fingerprint density at radius 3 is 2.65 bits per heavy atom. The van der Waals surface area contributed by atoms with Crippen LogP contribution in [0.2, 0.25) is 0 Å². The summed E-state index contributed by atoms with van der Waals surface area (Å²) in [5.41, 5.74) is 7.24. The van der Waals surface area contributed by atoms with Crippen molar-refractivity contribution in [2.24, 2.45) is 0 Å². The van der Waals surface area contributed by atoms with Gasteiger partial charge in [0.25, 0.3) is 0 Å². The first-order chi connectivity index (χ1) is 16.4. The lowest BCUT2D eigenvalue weighted by Gasteiger charge is -2.10. The van der Waals surface area contributed by atoms with E-state index in [-0.39, 0.29) is 5.91 Å². The van der Waals surface area contributed by atoms with Crippen LogP contribution in [0.5, 0.6) is 5.75 Å². The molecule has 170 valence electrons. The van der Waals surface area contributed by atoms with E-state index in [2.05, 4.69) is 41.5 Å². The Hall–Kier alpha value is -3.90. The number of fused-ring (bicyclic) bond motifs is 2. The lowest BCUT2D eigenvalue weighted by molar-refractivity contribution is -0.111. The number of anilines is 1. The van der Waals surface area contributed by atoms with Gasteiger partial charge in [-0.05, 0) is 56.2 Å². The number of methoxy groups -OCH3 is 1. The molecule has 0 atom stereocenters. The largest absolute Gasteiger partial charge is 0.496 e. The standard InChI is InChI=1S/C28H24N2O3S/c1-16-5-7-19(8-6-16)23-15-33-26-14-25(32-4)21(13-22(23)26)17(2)11-28(31)30-20-9-10-27-24(12-20)29-18(3)34-27/h5-15H,1-4H3,(H,30,31)/b17-11+. The zero-order chi connectivity index (χ0) is 23.8. The zero-order valence-electron chi connectivity index (χ0n) is 19.4. The highest BCUT2D eigenvalue weighted by molar-refractivity contribution is 7.18. The predicted octanol–water partition coefficient (Wildman–Crippen LogP) is 7.38. The molecule has 0 saturated carbocycles. The van der Waals surface area contributed by atoms with Gasteiger partial charge in [0.15, 0.2) is 0 Å². The fourth-order valence-electron chi connectivity index (χ4n) is 4.06. The van der Waals surface area contributed by atoms with Crippen molar-refractivity contribution in [3.8, 4) is 16.9 Å². The Kier molecular flexibility index (Phi) is 5.67. The highest BCUT2D eigenvalue weighted by atomic mass is 32.1. The molecule has 6 heteroatoms. The van der Waals surface area contributed by atoms with Gasteiger partial charge in [-0.1, -0.05) is 29.8 Å². The number of benzene rings is 3. The lowest BCUT2D eigenvalue weighted by Crippen LogP contribution is -2.08. The first kappa shape index (κ1) is 21.9. The molecular weight excluding hydrogens is 444 g/mol. The van der Waals surface area contributed by atoms with Crippen LogP contribution in [-0.2, 0) is 4.79 Å². The summed E-state index contributed by atoms with van der Waals surface area (Å²) in [6.07, 6.45) is 3.35. The summed E-state index contributed by atoms with van der Waals surface area (Å²) in [4.78, 5) is 17.3. The van der Waals surface area contributed by atoms with Gasteiger partial charge >= 0.3 is 0 Å². The molecule has 5 aromatic rings. The van der Waals surface area contributed by atoms with Crippen LogP contribution in [0, 0.1) is 13.8 Å². The second-order valence-corrected chi connectivity index (χ2v) is 9.53. The molecule has 1 amide bonds. The third kappa shape index (κ3) is 4.20. The minimum atomic E-state index is -0.211. The fraction of sp³-hybridized carbons (Fsp3) is 0.143. The molecule has 0 aliphatic carbocycles. The summed E-state index contributed by atoms with van der Waals surface area (Å²) >= 11 is 1.64. The summed E-state index contributed by atoms with van der Waals surface area (Å²) in [6.45, 7) is 5.95. The Labute approximate surface area is 201 Å². The van der Waals surface area contributed by atoms with E-state index in [1.165, 1.54) is 5.56 Å². The van der Waals surface area contributed by atoms with Crippen molar-refractivity contribution in [3.05, 3.63) is 83.1 Å². The molecule has 5 rings (SSSR count). The van der Waals surface area contributed by atoms with E-state index >= 15 is 0 Å².